The molecule has 4 nitrogen and oxygen atoms in total. The van der Waals surface area contributed by atoms with Gasteiger partial charge in [0.2, 0.25) is 0 Å². The molecule has 2 aromatic rings. The number of anilines is 1. The number of nitrogens with one attached hydrogen (secondary N) is 1. The Kier molecular flexibility index (Phi) is 6.21. The zero-order valence-electron chi connectivity index (χ0n) is 12.8. The molecule has 2 unspecified atom stereocenters. The molecular weight excluding hydrogens is 319 g/mol. The minimum atomic E-state index is -0.887. The third-order valence-electron chi connectivity index (χ3n) is 3.39. The Labute approximate surface area is 140 Å². The Bertz CT molecular complexity index is 617. The smallest absolute Gasteiger partial charge is 0.147 e. The lowest BCUT2D eigenvalue weighted by Crippen LogP contribution is -2.34. The van der Waals surface area contributed by atoms with Crippen molar-refractivity contribution in [2.45, 2.75) is 19.1 Å². The summed E-state index contributed by atoms with van der Waals surface area (Å²) in [6.07, 6.45) is -0.887. The molecule has 6 heteroatoms. The van der Waals surface area contributed by atoms with Gasteiger partial charge in [0.15, 0.2) is 0 Å². The number of halogens is 2. The van der Waals surface area contributed by atoms with Gasteiger partial charge < -0.3 is 20.9 Å². The Morgan fingerprint density at radius 2 is 2.00 bits per heavy atom. The van der Waals surface area contributed by atoms with Crippen molar-refractivity contribution < 1.29 is 14.2 Å². The topological polar surface area (TPSA) is 67.5 Å². The van der Waals surface area contributed by atoms with E-state index in [-0.39, 0.29) is 23.3 Å². The highest BCUT2D eigenvalue weighted by molar-refractivity contribution is 6.33. The number of aliphatic hydroxyl groups excluding tert-OH is 1. The Morgan fingerprint density at radius 3 is 2.65 bits per heavy atom. The second-order valence-electron chi connectivity index (χ2n) is 5.35. The van der Waals surface area contributed by atoms with E-state index in [4.69, 9.17) is 22.1 Å². The molecule has 0 spiro atoms. The summed E-state index contributed by atoms with van der Waals surface area (Å²) in [5.74, 6) is 0.154. The third kappa shape index (κ3) is 5.10. The molecule has 0 aliphatic rings. The highest BCUT2D eigenvalue weighted by Crippen LogP contribution is 2.26. The first-order valence-electron chi connectivity index (χ1n) is 7.31. The number of hydrogen-bond acceptors (Lipinski definition) is 4. The normalized spacial score (nSPS) is 13.6. The molecule has 124 valence electrons. The molecule has 0 amide bonds. The zero-order chi connectivity index (χ0) is 16.8. The van der Waals surface area contributed by atoms with E-state index >= 15 is 0 Å². The Morgan fingerprint density at radius 1 is 1.30 bits per heavy atom. The quantitative estimate of drug-likeness (QED) is 0.678. The summed E-state index contributed by atoms with van der Waals surface area (Å²) >= 11 is 5.83. The second kappa shape index (κ2) is 8.15. The van der Waals surface area contributed by atoms with E-state index in [2.05, 4.69) is 5.32 Å². The van der Waals surface area contributed by atoms with Gasteiger partial charge in [0.1, 0.15) is 18.2 Å². The van der Waals surface area contributed by atoms with Crippen LogP contribution < -0.4 is 15.8 Å². The summed E-state index contributed by atoms with van der Waals surface area (Å²) < 4.78 is 19.2. The molecule has 0 saturated heterocycles. The van der Waals surface area contributed by atoms with Crippen LogP contribution in [0.5, 0.6) is 5.75 Å². The van der Waals surface area contributed by atoms with Gasteiger partial charge in [0, 0.05) is 12.6 Å². The first-order valence-corrected chi connectivity index (χ1v) is 7.69. The van der Waals surface area contributed by atoms with Gasteiger partial charge in [0.05, 0.1) is 16.8 Å². The van der Waals surface area contributed by atoms with E-state index in [0.717, 1.165) is 5.75 Å². The molecule has 0 fully saturated rings. The van der Waals surface area contributed by atoms with Crippen LogP contribution in [0.15, 0.2) is 42.5 Å². The summed E-state index contributed by atoms with van der Waals surface area (Å²) in [6.45, 7) is 2.64. The number of rotatable bonds is 7. The molecule has 23 heavy (non-hydrogen) atoms. The predicted molar refractivity (Wildman–Crippen MR) is 90.2 cm³/mol. The Hall–Kier alpha value is -1.82. The third-order valence-corrected chi connectivity index (χ3v) is 3.70. The highest BCUT2D eigenvalue weighted by atomic mass is 35.5. The van der Waals surface area contributed by atoms with E-state index in [1.165, 1.54) is 12.1 Å². The van der Waals surface area contributed by atoms with Crippen LogP contribution in [-0.4, -0.2) is 24.3 Å². The summed E-state index contributed by atoms with van der Waals surface area (Å²) in [5, 5.41) is 13.4. The maximum atomic E-state index is 13.5. The summed E-state index contributed by atoms with van der Waals surface area (Å²) in [4.78, 5) is 0. The van der Waals surface area contributed by atoms with Crippen LogP contribution in [0.1, 0.15) is 18.6 Å². The van der Waals surface area contributed by atoms with Gasteiger partial charge >= 0.3 is 0 Å². The van der Waals surface area contributed by atoms with Gasteiger partial charge in [-0.3, -0.25) is 0 Å². The average molecular weight is 339 g/mol. The van der Waals surface area contributed by atoms with E-state index < -0.39 is 11.9 Å². The van der Waals surface area contributed by atoms with Crippen LogP contribution in [0.3, 0.4) is 0 Å². The van der Waals surface area contributed by atoms with Gasteiger partial charge in [-0.2, -0.15) is 0 Å². The van der Waals surface area contributed by atoms with Crippen LogP contribution in [-0.2, 0) is 0 Å². The standard InChI is InChI=1S/C17H20ClFN2O2/c1-11(10-23-13-5-3-2-4-6-13)21-9-16(22)12-7-14(18)17(20)15(19)8-12/h2-8,11,16,21-22H,9-10,20H2,1H3. The number of nitrogen functional groups attached to an aromatic ring is 1. The lowest BCUT2D eigenvalue weighted by atomic mass is 10.1. The number of hydrogen-bond donors (Lipinski definition) is 3. The minimum absolute atomic E-state index is 0.0129. The number of benzene rings is 2. The molecule has 0 saturated carbocycles. The largest absolute Gasteiger partial charge is 0.492 e. The minimum Gasteiger partial charge on any atom is -0.492 e. The first kappa shape index (κ1) is 17.5. The number of para-hydroxylation sites is 1. The molecule has 0 radical (unpaired) electrons. The van der Waals surface area contributed by atoms with E-state index in [1.54, 1.807) is 0 Å². The van der Waals surface area contributed by atoms with Crippen molar-refractivity contribution in [2.75, 3.05) is 18.9 Å². The van der Waals surface area contributed by atoms with Crippen molar-refractivity contribution in [3.8, 4) is 5.75 Å². The van der Waals surface area contributed by atoms with Crippen LogP contribution >= 0.6 is 11.6 Å². The molecule has 0 heterocycles. The van der Waals surface area contributed by atoms with Crippen molar-refractivity contribution >= 4 is 17.3 Å². The Balaban J connectivity index is 1.83. The van der Waals surface area contributed by atoms with Crippen molar-refractivity contribution in [1.82, 2.24) is 5.32 Å². The molecule has 0 aliphatic carbocycles. The summed E-state index contributed by atoms with van der Waals surface area (Å²) in [6, 6.07) is 12.1. The van der Waals surface area contributed by atoms with E-state index in [1.807, 2.05) is 37.3 Å². The lowest BCUT2D eigenvalue weighted by Gasteiger charge is -2.18. The van der Waals surface area contributed by atoms with Crippen molar-refractivity contribution in [1.29, 1.82) is 0 Å². The predicted octanol–water partition coefficient (Wildman–Crippen LogP) is 3.15. The molecule has 2 aromatic carbocycles. The molecule has 4 N–H and O–H groups in total. The van der Waals surface area contributed by atoms with E-state index in [9.17, 15) is 9.50 Å². The van der Waals surface area contributed by atoms with Crippen molar-refractivity contribution in [3.63, 3.8) is 0 Å². The molecule has 2 atom stereocenters. The maximum absolute atomic E-state index is 13.5. The average Bonchev–Trinajstić information content (AvgIpc) is 2.56. The van der Waals surface area contributed by atoms with Gasteiger partial charge in [-0.15, -0.1) is 0 Å². The SMILES string of the molecule is CC(COc1ccccc1)NCC(O)c1cc(F)c(N)c(Cl)c1. The fourth-order valence-corrected chi connectivity index (χ4v) is 2.24. The highest BCUT2D eigenvalue weighted by Gasteiger charge is 2.14. The first-order chi connectivity index (χ1) is 11.0. The van der Waals surface area contributed by atoms with Crippen LogP contribution in [0.4, 0.5) is 10.1 Å². The van der Waals surface area contributed by atoms with Gasteiger partial charge in [-0.25, -0.2) is 4.39 Å². The molecule has 0 bridgehead atoms. The summed E-state index contributed by atoms with van der Waals surface area (Å²) in [5.41, 5.74) is 5.72. The van der Waals surface area contributed by atoms with Gasteiger partial charge in [-0.05, 0) is 36.8 Å². The van der Waals surface area contributed by atoms with Gasteiger partial charge in [-0.1, -0.05) is 29.8 Å². The number of nitrogens with two attached hydrogens (primary N) is 1. The van der Waals surface area contributed by atoms with Crippen LogP contribution in [0.25, 0.3) is 0 Å². The summed E-state index contributed by atoms with van der Waals surface area (Å²) in [7, 11) is 0. The van der Waals surface area contributed by atoms with Crippen LogP contribution in [0, 0.1) is 5.82 Å². The van der Waals surface area contributed by atoms with Crippen molar-refractivity contribution in [2.24, 2.45) is 0 Å². The molecule has 2 rings (SSSR count). The molecular formula is C17H20ClFN2O2. The van der Waals surface area contributed by atoms with Crippen molar-refractivity contribution in [3.05, 3.63) is 58.9 Å². The monoisotopic (exact) mass is 338 g/mol. The molecule has 0 aliphatic heterocycles. The second-order valence-corrected chi connectivity index (χ2v) is 5.75. The van der Waals surface area contributed by atoms with E-state index in [0.29, 0.717) is 12.2 Å². The van der Waals surface area contributed by atoms with Gasteiger partial charge in [0.25, 0.3) is 0 Å². The number of aliphatic hydroxyl groups is 1. The molecule has 0 aromatic heterocycles. The lowest BCUT2D eigenvalue weighted by molar-refractivity contribution is 0.163. The number of ether oxygens (including phenoxy) is 1. The fraction of sp³-hybridized carbons (Fsp3) is 0.294. The zero-order valence-corrected chi connectivity index (χ0v) is 13.6. The van der Waals surface area contributed by atoms with Crippen LogP contribution in [0.2, 0.25) is 5.02 Å². The fourth-order valence-electron chi connectivity index (χ4n) is 2.02. The maximum Gasteiger partial charge on any atom is 0.147 e.